The topological polar surface area (TPSA) is 59.1 Å². The van der Waals surface area contributed by atoms with E-state index in [2.05, 4.69) is 10.3 Å². The number of hydrogen-bond acceptors (Lipinski definition) is 3. The van der Waals surface area contributed by atoms with E-state index in [0.29, 0.717) is 11.3 Å². The van der Waals surface area contributed by atoms with Gasteiger partial charge in [-0.1, -0.05) is 37.1 Å². The molecule has 1 aliphatic rings. The van der Waals surface area contributed by atoms with E-state index in [0.717, 1.165) is 31.2 Å². The summed E-state index contributed by atoms with van der Waals surface area (Å²) in [6, 6.07) is 11.1. The number of carbonyl (C=O) groups excluding carboxylic acids is 2. The zero-order chi connectivity index (χ0) is 16.9. The number of benzene rings is 1. The highest BCUT2D eigenvalue weighted by atomic mass is 16.2. The molecule has 1 heterocycles. The van der Waals surface area contributed by atoms with E-state index < -0.39 is 5.92 Å². The lowest BCUT2D eigenvalue weighted by atomic mass is 9.88. The number of carbonyl (C=O) groups is 2. The van der Waals surface area contributed by atoms with Gasteiger partial charge in [0.2, 0.25) is 5.91 Å². The van der Waals surface area contributed by atoms with E-state index in [1.165, 1.54) is 0 Å². The minimum Gasteiger partial charge on any atom is -0.324 e. The molecule has 3 rings (SSSR count). The lowest BCUT2D eigenvalue weighted by Crippen LogP contribution is -2.22. The highest BCUT2D eigenvalue weighted by Gasteiger charge is 2.28. The fourth-order valence-corrected chi connectivity index (χ4v) is 3.34. The largest absolute Gasteiger partial charge is 0.324 e. The summed E-state index contributed by atoms with van der Waals surface area (Å²) in [6.45, 7) is 1.84. The Balaban J connectivity index is 1.80. The second-order valence-electron chi connectivity index (χ2n) is 6.39. The van der Waals surface area contributed by atoms with Crippen LogP contribution in [0.1, 0.15) is 54.4 Å². The molecule has 0 aliphatic heterocycles. The van der Waals surface area contributed by atoms with Crippen molar-refractivity contribution in [2.75, 3.05) is 5.32 Å². The van der Waals surface area contributed by atoms with Crippen molar-refractivity contribution in [3.8, 4) is 0 Å². The van der Waals surface area contributed by atoms with Gasteiger partial charge in [0, 0.05) is 17.7 Å². The summed E-state index contributed by atoms with van der Waals surface area (Å²) >= 11 is 0. The molecule has 1 unspecified atom stereocenters. The van der Waals surface area contributed by atoms with E-state index in [4.69, 9.17) is 0 Å². The number of pyridine rings is 1. The Morgan fingerprint density at radius 2 is 1.88 bits per heavy atom. The van der Waals surface area contributed by atoms with Crippen molar-refractivity contribution in [2.45, 2.75) is 38.5 Å². The van der Waals surface area contributed by atoms with E-state index in [1.807, 2.05) is 31.2 Å². The van der Waals surface area contributed by atoms with Gasteiger partial charge >= 0.3 is 0 Å². The first-order valence-electron chi connectivity index (χ1n) is 8.51. The van der Waals surface area contributed by atoms with E-state index in [1.54, 1.807) is 24.5 Å². The van der Waals surface area contributed by atoms with Gasteiger partial charge in [0.1, 0.15) is 0 Å². The van der Waals surface area contributed by atoms with Crippen LogP contribution in [0.25, 0.3) is 0 Å². The number of hydrogen-bond donors (Lipinski definition) is 1. The third-order valence-electron chi connectivity index (χ3n) is 4.74. The molecule has 1 aromatic heterocycles. The number of nitrogens with zero attached hydrogens (tertiary/aromatic N) is 1. The van der Waals surface area contributed by atoms with Crippen LogP contribution in [0, 0.1) is 5.92 Å². The summed E-state index contributed by atoms with van der Waals surface area (Å²) in [7, 11) is 0. The van der Waals surface area contributed by atoms with Crippen LogP contribution < -0.4 is 5.32 Å². The molecule has 0 radical (unpaired) electrons. The summed E-state index contributed by atoms with van der Waals surface area (Å²) in [5, 5.41) is 2.86. The molecule has 4 heteroatoms. The van der Waals surface area contributed by atoms with Crippen molar-refractivity contribution < 1.29 is 9.59 Å². The zero-order valence-corrected chi connectivity index (χ0v) is 13.9. The third kappa shape index (κ3) is 3.53. The van der Waals surface area contributed by atoms with Crippen LogP contribution in [-0.2, 0) is 4.79 Å². The number of amides is 1. The first kappa shape index (κ1) is 16.4. The summed E-state index contributed by atoms with van der Waals surface area (Å²) in [5.74, 6) is -0.231. The van der Waals surface area contributed by atoms with Crippen LogP contribution in [-0.4, -0.2) is 16.7 Å². The Kier molecular flexibility index (Phi) is 5.04. The molecule has 124 valence electrons. The highest BCUT2D eigenvalue weighted by Crippen LogP contribution is 2.31. The molecule has 4 nitrogen and oxygen atoms in total. The minimum atomic E-state index is -0.397. The Morgan fingerprint density at radius 3 is 2.58 bits per heavy atom. The van der Waals surface area contributed by atoms with Gasteiger partial charge in [0.15, 0.2) is 5.78 Å². The average molecular weight is 322 g/mol. The summed E-state index contributed by atoms with van der Waals surface area (Å²) < 4.78 is 0. The monoisotopic (exact) mass is 322 g/mol. The fraction of sp³-hybridized carbons (Fsp3) is 0.350. The van der Waals surface area contributed by atoms with Crippen molar-refractivity contribution in [1.29, 1.82) is 0 Å². The molecule has 1 aliphatic carbocycles. The second kappa shape index (κ2) is 7.39. The number of ketones is 1. The summed E-state index contributed by atoms with van der Waals surface area (Å²) in [5.41, 5.74) is 2.16. The molecule has 1 aromatic carbocycles. The third-order valence-corrected chi connectivity index (χ3v) is 4.74. The van der Waals surface area contributed by atoms with E-state index >= 15 is 0 Å². The second-order valence-corrected chi connectivity index (χ2v) is 6.39. The predicted octanol–water partition coefficient (Wildman–Crippen LogP) is 4.20. The Morgan fingerprint density at radius 1 is 1.12 bits per heavy atom. The molecule has 0 bridgehead atoms. The molecule has 0 spiro atoms. The first-order valence-corrected chi connectivity index (χ1v) is 8.51. The molecule has 2 aromatic rings. The lowest BCUT2D eigenvalue weighted by molar-refractivity contribution is -0.117. The maximum atomic E-state index is 12.8. The molecule has 1 amide bonds. The Hall–Kier alpha value is -2.49. The van der Waals surface area contributed by atoms with Crippen molar-refractivity contribution in [3.63, 3.8) is 0 Å². The molecule has 1 fully saturated rings. The zero-order valence-electron chi connectivity index (χ0n) is 13.9. The number of anilines is 1. The van der Waals surface area contributed by atoms with Crippen molar-refractivity contribution in [3.05, 3.63) is 59.9 Å². The maximum Gasteiger partial charge on any atom is 0.231 e. The molecular formula is C20H22N2O2. The predicted molar refractivity (Wildman–Crippen MR) is 94.0 cm³/mol. The van der Waals surface area contributed by atoms with Gasteiger partial charge in [-0.15, -0.1) is 0 Å². The van der Waals surface area contributed by atoms with Crippen LogP contribution in [0.4, 0.5) is 5.69 Å². The van der Waals surface area contributed by atoms with Crippen LogP contribution in [0.5, 0.6) is 0 Å². The van der Waals surface area contributed by atoms with Gasteiger partial charge in [-0.25, -0.2) is 0 Å². The van der Waals surface area contributed by atoms with Gasteiger partial charge in [0.25, 0.3) is 0 Å². The number of Topliss-reactive ketones (excluding diaryl/α,β-unsaturated/α-hetero) is 1. The number of aromatic nitrogens is 1. The van der Waals surface area contributed by atoms with Crippen LogP contribution in [0.3, 0.4) is 0 Å². The standard InChI is InChI=1S/C20H22N2O2/c1-14(20(24)22-16-9-6-12-21-13-16)17-10-4-5-11-18(17)19(23)15-7-2-3-8-15/h4-6,9-15H,2-3,7-8H2,1H3,(H,22,24). The van der Waals surface area contributed by atoms with Gasteiger partial charge in [-0.3, -0.25) is 14.6 Å². The fourth-order valence-electron chi connectivity index (χ4n) is 3.34. The average Bonchev–Trinajstić information content (AvgIpc) is 3.16. The Labute approximate surface area is 142 Å². The van der Waals surface area contributed by atoms with E-state index in [-0.39, 0.29) is 17.6 Å². The quantitative estimate of drug-likeness (QED) is 0.839. The van der Waals surface area contributed by atoms with Crippen molar-refractivity contribution in [2.24, 2.45) is 5.92 Å². The minimum absolute atomic E-state index is 0.111. The van der Waals surface area contributed by atoms with Crippen molar-refractivity contribution >= 4 is 17.4 Å². The molecule has 24 heavy (non-hydrogen) atoms. The molecule has 0 saturated heterocycles. The molecule has 1 saturated carbocycles. The van der Waals surface area contributed by atoms with Crippen LogP contribution in [0.2, 0.25) is 0 Å². The van der Waals surface area contributed by atoms with Crippen LogP contribution >= 0.6 is 0 Å². The SMILES string of the molecule is CC(C(=O)Nc1cccnc1)c1ccccc1C(=O)C1CCCC1. The molecule has 1 N–H and O–H groups in total. The molecule has 1 atom stereocenters. The Bertz CT molecular complexity index is 721. The van der Waals surface area contributed by atoms with Gasteiger partial charge in [0.05, 0.1) is 17.8 Å². The van der Waals surface area contributed by atoms with Crippen LogP contribution in [0.15, 0.2) is 48.8 Å². The number of nitrogens with one attached hydrogen (secondary N) is 1. The van der Waals surface area contributed by atoms with Gasteiger partial charge in [-0.2, -0.15) is 0 Å². The lowest BCUT2D eigenvalue weighted by Gasteiger charge is -2.17. The summed E-state index contributed by atoms with van der Waals surface area (Å²) in [6.07, 6.45) is 7.44. The first-order chi connectivity index (χ1) is 11.7. The normalized spacial score (nSPS) is 15.9. The molecular weight excluding hydrogens is 300 g/mol. The maximum absolute atomic E-state index is 12.8. The number of rotatable bonds is 5. The smallest absolute Gasteiger partial charge is 0.231 e. The van der Waals surface area contributed by atoms with Crippen molar-refractivity contribution in [1.82, 2.24) is 4.98 Å². The van der Waals surface area contributed by atoms with E-state index in [9.17, 15) is 9.59 Å². The summed E-state index contributed by atoms with van der Waals surface area (Å²) in [4.78, 5) is 29.4. The van der Waals surface area contributed by atoms with Gasteiger partial charge in [-0.05, 0) is 37.5 Å². The highest BCUT2D eigenvalue weighted by molar-refractivity contribution is 6.02. The van der Waals surface area contributed by atoms with Gasteiger partial charge < -0.3 is 5.32 Å².